The standard InChI is InChI=1S/C16H22N2O2/c1-11(2)15(19)17-9-10-18(16(20)13(17)4)14-8-6-5-7-12(14)3/h5-8,11,13H,9-10H2,1-4H3. The van der Waals surface area contributed by atoms with Crippen LogP contribution in [-0.2, 0) is 9.59 Å². The Morgan fingerprint density at radius 3 is 2.50 bits per heavy atom. The lowest BCUT2D eigenvalue weighted by Crippen LogP contribution is -2.58. The van der Waals surface area contributed by atoms with E-state index in [4.69, 9.17) is 0 Å². The van der Waals surface area contributed by atoms with Gasteiger partial charge in [-0.2, -0.15) is 0 Å². The number of carbonyl (C=O) groups excluding carboxylic acids is 2. The molecule has 1 aromatic carbocycles. The minimum Gasteiger partial charge on any atom is -0.329 e. The second-order valence-corrected chi connectivity index (χ2v) is 5.64. The normalized spacial score (nSPS) is 19.6. The van der Waals surface area contributed by atoms with Gasteiger partial charge in [-0.25, -0.2) is 0 Å². The molecule has 0 N–H and O–H groups in total. The van der Waals surface area contributed by atoms with E-state index >= 15 is 0 Å². The van der Waals surface area contributed by atoms with Crippen LogP contribution < -0.4 is 4.90 Å². The number of benzene rings is 1. The third-order valence-electron chi connectivity index (χ3n) is 3.84. The average molecular weight is 274 g/mol. The third-order valence-corrected chi connectivity index (χ3v) is 3.84. The first-order chi connectivity index (χ1) is 9.43. The lowest BCUT2D eigenvalue weighted by atomic mass is 10.1. The van der Waals surface area contributed by atoms with Crippen LogP contribution in [-0.4, -0.2) is 35.8 Å². The van der Waals surface area contributed by atoms with Crippen molar-refractivity contribution < 1.29 is 9.59 Å². The Bertz CT molecular complexity index is 525. The van der Waals surface area contributed by atoms with E-state index in [9.17, 15) is 9.59 Å². The maximum Gasteiger partial charge on any atom is 0.249 e. The molecule has 1 heterocycles. The van der Waals surface area contributed by atoms with Crippen LogP contribution in [0.2, 0.25) is 0 Å². The Morgan fingerprint density at radius 1 is 1.25 bits per heavy atom. The largest absolute Gasteiger partial charge is 0.329 e. The zero-order valence-electron chi connectivity index (χ0n) is 12.6. The molecule has 1 aliphatic rings. The zero-order valence-corrected chi connectivity index (χ0v) is 12.6. The molecular formula is C16H22N2O2. The van der Waals surface area contributed by atoms with E-state index in [0.717, 1.165) is 11.3 Å². The highest BCUT2D eigenvalue weighted by Crippen LogP contribution is 2.24. The van der Waals surface area contributed by atoms with Crippen molar-refractivity contribution in [3.05, 3.63) is 29.8 Å². The zero-order chi connectivity index (χ0) is 14.9. The van der Waals surface area contributed by atoms with Crippen molar-refractivity contribution in [2.45, 2.75) is 33.7 Å². The van der Waals surface area contributed by atoms with Crippen molar-refractivity contribution in [3.8, 4) is 0 Å². The predicted molar refractivity (Wildman–Crippen MR) is 79.5 cm³/mol. The smallest absolute Gasteiger partial charge is 0.249 e. The van der Waals surface area contributed by atoms with Gasteiger partial charge in [0.1, 0.15) is 6.04 Å². The molecule has 1 aliphatic heterocycles. The van der Waals surface area contributed by atoms with E-state index in [1.807, 2.05) is 52.0 Å². The molecule has 1 aromatic rings. The summed E-state index contributed by atoms with van der Waals surface area (Å²) in [5, 5.41) is 0. The fraction of sp³-hybridized carbons (Fsp3) is 0.500. The van der Waals surface area contributed by atoms with Crippen LogP contribution in [0, 0.1) is 12.8 Å². The van der Waals surface area contributed by atoms with E-state index in [2.05, 4.69) is 0 Å². The number of nitrogens with zero attached hydrogens (tertiary/aromatic N) is 2. The van der Waals surface area contributed by atoms with E-state index < -0.39 is 6.04 Å². The van der Waals surface area contributed by atoms with Gasteiger partial charge in [0.05, 0.1) is 0 Å². The quantitative estimate of drug-likeness (QED) is 0.829. The maximum atomic E-state index is 12.5. The lowest BCUT2D eigenvalue weighted by Gasteiger charge is -2.40. The minimum atomic E-state index is -0.391. The van der Waals surface area contributed by atoms with Gasteiger partial charge >= 0.3 is 0 Å². The van der Waals surface area contributed by atoms with Gasteiger partial charge in [-0.05, 0) is 25.5 Å². The summed E-state index contributed by atoms with van der Waals surface area (Å²) < 4.78 is 0. The van der Waals surface area contributed by atoms with Gasteiger partial charge in [-0.15, -0.1) is 0 Å². The maximum absolute atomic E-state index is 12.5. The monoisotopic (exact) mass is 274 g/mol. The van der Waals surface area contributed by atoms with Crippen LogP contribution in [0.15, 0.2) is 24.3 Å². The summed E-state index contributed by atoms with van der Waals surface area (Å²) in [5.41, 5.74) is 2.03. The molecule has 0 bridgehead atoms. The predicted octanol–water partition coefficient (Wildman–Crippen LogP) is 2.21. The third kappa shape index (κ3) is 2.55. The van der Waals surface area contributed by atoms with Gasteiger partial charge in [-0.3, -0.25) is 9.59 Å². The molecule has 4 heteroatoms. The number of para-hydroxylation sites is 1. The van der Waals surface area contributed by atoms with Gasteiger partial charge in [-0.1, -0.05) is 32.0 Å². The molecule has 108 valence electrons. The summed E-state index contributed by atoms with van der Waals surface area (Å²) in [6.07, 6.45) is 0. The first-order valence-electron chi connectivity index (χ1n) is 7.11. The first kappa shape index (κ1) is 14.6. The van der Waals surface area contributed by atoms with Crippen molar-refractivity contribution in [2.24, 2.45) is 5.92 Å². The second kappa shape index (κ2) is 5.65. The van der Waals surface area contributed by atoms with Crippen LogP contribution in [0.4, 0.5) is 5.69 Å². The van der Waals surface area contributed by atoms with Crippen LogP contribution in [0.25, 0.3) is 0 Å². The summed E-state index contributed by atoms with van der Waals surface area (Å²) in [6, 6.07) is 7.47. The average Bonchev–Trinajstić information content (AvgIpc) is 2.42. The van der Waals surface area contributed by atoms with Crippen molar-refractivity contribution in [1.29, 1.82) is 0 Å². The molecule has 2 rings (SSSR count). The highest BCUT2D eigenvalue weighted by molar-refractivity contribution is 6.00. The number of carbonyl (C=O) groups is 2. The first-order valence-corrected chi connectivity index (χ1v) is 7.11. The van der Waals surface area contributed by atoms with Gasteiger partial charge in [0, 0.05) is 24.7 Å². The van der Waals surface area contributed by atoms with E-state index in [1.54, 1.807) is 9.80 Å². The minimum absolute atomic E-state index is 0.000417. The van der Waals surface area contributed by atoms with Gasteiger partial charge in [0.25, 0.3) is 0 Å². The SMILES string of the molecule is Cc1ccccc1N1CCN(C(=O)C(C)C)C(C)C1=O. The van der Waals surface area contributed by atoms with E-state index in [0.29, 0.717) is 13.1 Å². The number of rotatable bonds is 2. The molecule has 1 fully saturated rings. The Labute approximate surface area is 120 Å². The second-order valence-electron chi connectivity index (χ2n) is 5.64. The van der Waals surface area contributed by atoms with Crippen molar-refractivity contribution in [3.63, 3.8) is 0 Å². The number of hydrogen-bond acceptors (Lipinski definition) is 2. The Kier molecular flexibility index (Phi) is 4.12. The molecule has 0 saturated carbocycles. The molecule has 20 heavy (non-hydrogen) atoms. The Hall–Kier alpha value is -1.84. The number of piperazine rings is 1. The molecule has 2 amide bonds. The molecule has 0 aromatic heterocycles. The van der Waals surface area contributed by atoms with Crippen LogP contribution in [0.1, 0.15) is 26.3 Å². The fourth-order valence-electron chi connectivity index (χ4n) is 2.61. The molecule has 1 atom stereocenters. The Balaban J connectivity index is 2.22. The molecule has 0 radical (unpaired) electrons. The fourth-order valence-corrected chi connectivity index (χ4v) is 2.61. The van der Waals surface area contributed by atoms with Crippen molar-refractivity contribution in [2.75, 3.05) is 18.0 Å². The summed E-state index contributed by atoms with van der Waals surface area (Å²) >= 11 is 0. The molecule has 0 aliphatic carbocycles. The van der Waals surface area contributed by atoms with Crippen LogP contribution >= 0.6 is 0 Å². The van der Waals surface area contributed by atoms with Crippen molar-refractivity contribution in [1.82, 2.24) is 4.90 Å². The summed E-state index contributed by atoms with van der Waals surface area (Å²) in [4.78, 5) is 28.2. The number of anilines is 1. The summed E-state index contributed by atoms with van der Waals surface area (Å²) in [6.45, 7) is 8.71. The topological polar surface area (TPSA) is 40.6 Å². The van der Waals surface area contributed by atoms with Crippen LogP contribution in [0.3, 0.4) is 0 Å². The molecule has 1 saturated heterocycles. The van der Waals surface area contributed by atoms with Gasteiger partial charge in [0.15, 0.2) is 0 Å². The molecular weight excluding hydrogens is 252 g/mol. The van der Waals surface area contributed by atoms with Gasteiger partial charge in [0.2, 0.25) is 11.8 Å². The Morgan fingerprint density at radius 2 is 1.90 bits per heavy atom. The number of aryl methyl sites for hydroxylation is 1. The van der Waals surface area contributed by atoms with Crippen LogP contribution in [0.5, 0.6) is 0 Å². The summed E-state index contributed by atoms with van der Waals surface area (Å²) in [5.74, 6) is -0.0231. The van der Waals surface area contributed by atoms with E-state index in [-0.39, 0.29) is 17.7 Å². The highest BCUT2D eigenvalue weighted by atomic mass is 16.2. The van der Waals surface area contributed by atoms with Gasteiger partial charge < -0.3 is 9.80 Å². The van der Waals surface area contributed by atoms with Crippen molar-refractivity contribution >= 4 is 17.5 Å². The molecule has 4 nitrogen and oxygen atoms in total. The number of hydrogen-bond donors (Lipinski definition) is 0. The molecule has 1 unspecified atom stereocenters. The number of amides is 2. The lowest BCUT2D eigenvalue weighted by molar-refractivity contribution is -0.143. The highest BCUT2D eigenvalue weighted by Gasteiger charge is 2.35. The summed E-state index contributed by atoms with van der Waals surface area (Å²) in [7, 11) is 0. The molecule has 0 spiro atoms. The van der Waals surface area contributed by atoms with E-state index in [1.165, 1.54) is 0 Å².